The fraction of sp³-hybridized carbons (Fsp3) is 0.200. The molecule has 0 bridgehead atoms. The minimum Gasteiger partial charge on any atom is -0.385 e. The predicted octanol–water partition coefficient (Wildman–Crippen LogP) is 3.23. The molecule has 0 fully saturated rings. The Kier molecular flexibility index (Phi) is 4.97. The molecule has 3 aromatic rings. The molecule has 0 radical (unpaired) electrons. The van der Waals surface area contributed by atoms with Gasteiger partial charge in [-0.3, -0.25) is 9.98 Å². The van der Waals surface area contributed by atoms with Crippen LogP contribution < -0.4 is 11.1 Å². The summed E-state index contributed by atoms with van der Waals surface area (Å²) in [5, 5.41) is 12.7. The topological polar surface area (TPSA) is 109 Å². The molecular weight excluding hydrogens is 397 g/mol. The number of benzene rings is 1. The van der Waals surface area contributed by atoms with Crippen LogP contribution in [-0.2, 0) is 10.3 Å². The Morgan fingerprint density at radius 1 is 1.23 bits per heavy atom. The van der Waals surface area contributed by atoms with Gasteiger partial charge in [0.25, 0.3) is 6.43 Å². The third kappa shape index (κ3) is 3.40. The number of nitriles is 1. The molecule has 0 unspecified atom stereocenters. The first-order valence-electron chi connectivity index (χ1n) is 8.85. The highest BCUT2D eigenvalue weighted by Crippen LogP contribution is 2.38. The molecule has 0 saturated heterocycles. The smallest absolute Gasteiger partial charge is 0.269 e. The third-order valence-electron chi connectivity index (χ3n) is 4.70. The summed E-state index contributed by atoms with van der Waals surface area (Å²) < 4.78 is 47.7. The van der Waals surface area contributed by atoms with E-state index in [1.165, 1.54) is 24.5 Å². The summed E-state index contributed by atoms with van der Waals surface area (Å²) in [6, 6.07) is 9.03. The molecule has 0 spiro atoms. The quantitative estimate of drug-likeness (QED) is 0.681. The van der Waals surface area contributed by atoms with Gasteiger partial charge in [0.05, 0.1) is 12.2 Å². The van der Waals surface area contributed by atoms with Crippen LogP contribution in [0.3, 0.4) is 0 Å². The zero-order valence-electron chi connectivity index (χ0n) is 15.4. The highest BCUT2D eigenvalue weighted by Gasteiger charge is 2.46. The number of fused-ring (bicyclic) bond motifs is 1. The Labute approximate surface area is 169 Å². The average molecular weight is 412 g/mol. The van der Waals surface area contributed by atoms with Gasteiger partial charge in [0.1, 0.15) is 29.8 Å². The van der Waals surface area contributed by atoms with E-state index in [4.69, 9.17) is 15.7 Å². The SMILES string of the molecule is N#Cc1cnc2c(Nc3ccc(F)c([C@]4(C(F)F)COCC(N)=N4)c3)nccc2c1. The Balaban J connectivity index is 1.77. The Morgan fingerprint density at radius 2 is 2.07 bits per heavy atom. The summed E-state index contributed by atoms with van der Waals surface area (Å²) in [7, 11) is 0. The number of pyridine rings is 2. The highest BCUT2D eigenvalue weighted by molar-refractivity contribution is 5.90. The van der Waals surface area contributed by atoms with Crippen molar-refractivity contribution < 1.29 is 17.9 Å². The predicted molar refractivity (Wildman–Crippen MR) is 104 cm³/mol. The number of anilines is 2. The lowest BCUT2D eigenvalue weighted by molar-refractivity contribution is -0.0145. The number of halogens is 3. The molecule has 2 aromatic heterocycles. The number of ether oxygens (including phenoxy) is 1. The fourth-order valence-corrected chi connectivity index (χ4v) is 3.28. The molecule has 0 saturated carbocycles. The number of alkyl halides is 2. The van der Waals surface area contributed by atoms with Crippen LogP contribution in [0.1, 0.15) is 11.1 Å². The number of nitrogens with one attached hydrogen (secondary N) is 1. The number of hydrogen-bond donors (Lipinski definition) is 2. The second-order valence-corrected chi connectivity index (χ2v) is 6.71. The average Bonchev–Trinajstić information content (AvgIpc) is 2.74. The van der Waals surface area contributed by atoms with Crippen molar-refractivity contribution >= 4 is 28.2 Å². The fourth-order valence-electron chi connectivity index (χ4n) is 3.28. The van der Waals surface area contributed by atoms with Crippen molar-refractivity contribution in [2.45, 2.75) is 12.0 Å². The molecule has 1 aliphatic rings. The molecule has 1 aliphatic heterocycles. The summed E-state index contributed by atoms with van der Waals surface area (Å²) in [6.07, 6.45) is -0.130. The molecule has 1 aromatic carbocycles. The van der Waals surface area contributed by atoms with Crippen LogP contribution in [0.15, 0.2) is 47.7 Å². The van der Waals surface area contributed by atoms with Gasteiger partial charge in [-0.2, -0.15) is 5.26 Å². The second-order valence-electron chi connectivity index (χ2n) is 6.71. The molecule has 7 nitrogen and oxygen atoms in total. The van der Waals surface area contributed by atoms with Crippen LogP contribution >= 0.6 is 0 Å². The first kappa shape index (κ1) is 19.6. The van der Waals surface area contributed by atoms with Gasteiger partial charge in [0.15, 0.2) is 11.4 Å². The van der Waals surface area contributed by atoms with Gasteiger partial charge in [-0.15, -0.1) is 0 Å². The van der Waals surface area contributed by atoms with Gasteiger partial charge in [-0.25, -0.2) is 18.2 Å². The normalized spacial score (nSPS) is 18.8. The van der Waals surface area contributed by atoms with E-state index < -0.39 is 24.4 Å². The summed E-state index contributed by atoms with van der Waals surface area (Å²) in [5.41, 5.74) is 4.17. The number of hydrogen-bond acceptors (Lipinski definition) is 7. The maximum atomic E-state index is 14.6. The summed E-state index contributed by atoms with van der Waals surface area (Å²) in [4.78, 5) is 12.3. The number of amidine groups is 1. The van der Waals surface area contributed by atoms with Crippen molar-refractivity contribution in [3.63, 3.8) is 0 Å². The molecule has 30 heavy (non-hydrogen) atoms. The van der Waals surface area contributed by atoms with Crippen LogP contribution in [-0.4, -0.2) is 35.4 Å². The highest BCUT2D eigenvalue weighted by atomic mass is 19.3. The molecule has 0 aliphatic carbocycles. The van der Waals surface area contributed by atoms with Gasteiger partial charge in [0.2, 0.25) is 0 Å². The lowest BCUT2D eigenvalue weighted by Crippen LogP contribution is -2.45. The summed E-state index contributed by atoms with van der Waals surface area (Å²) >= 11 is 0. The van der Waals surface area contributed by atoms with E-state index in [9.17, 15) is 13.2 Å². The van der Waals surface area contributed by atoms with Crippen molar-refractivity contribution in [3.8, 4) is 6.07 Å². The molecule has 10 heteroatoms. The Hall–Kier alpha value is -3.71. The molecule has 0 amide bonds. The molecule has 3 heterocycles. The Morgan fingerprint density at radius 3 is 2.80 bits per heavy atom. The van der Waals surface area contributed by atoms with E-state index in [0.717, 1.165) is 6.07 Å². The van der Waals surface area contributed by atoms with Crippen molar-refractivity contribution in [3.05, 3.63) is 59.7 Å². The van der Waals surface area contributed by atoms with E-state index in [1.54, 1.807) is 12.1 Å². The first-order valence-corrected chi connectivity index (χ1v) is 8.85. The number of nitrogens with zero attached hydrogens (tertiary/aromatic N) is 4. The van der Waals surface area contributed by atoms with Crippen molar-refractivity contribution in [2.24, 2.45) is 10.7 Å². The van der Waals surface area contributed by atoms with Crippen LogP contribution in [0.5, 0.6) is 0 Å². The summed E-state index contributed by atoms with van der Waals surface area (Å²) in [5.74, 6) is -0.665. The van der Waals surface area contributed by atoms with Crippen LogP contribution in [0.25, 0.3) is 10.9 Å². The van der Waals surface area contributed by atoms with Crippen LogP contribution in [0, 0.1) is 17.1 Å². The number of nitrogens with two attached hydrogens (primary N) is 1. The number of aromatic nitrogens is 2. The molecular formula is C20H15F3N6O. The zero-order valence-corrected chi connectivity index (χ0v) is 15.4. The maximum absolute atomic E-state index is 14.6. The van der Waals surface area contributed by atoms with Crippen LogP contribution in [0.2, 0.25) is 0 Å². The van der Waals surface area contributed by atoms with Crippen LogP contribution in [0.4, 0.5) is 24.7 Å². The molecule has 1 atom stereocenters. The van der Waals surface area contributed by atoms with Crippen molar-refractivity contribution in [2.75, 3.05) is 18.5 Å². The van der Waals surface area contributed by atoms with Crippen molar-refractivity contribution in [1.29, 1.82) is 5.26 Å². The van der Waals surface area contributed by atoms with Gasteiger partial charge in [0, 0.05) is 29.0 Å². The van der Waals surface area contributed by atoms with E-state index >= 15 is 0 Å². The number of rotatable bonds is 4. The minimum atomic E-state index is -3.04. The van der Waals surface area contributed by atoms with Gasteiger partial charge in [-0.05, 0) is 30.3 Å². The molecule has 4 rings (SSSR count). The summed E-state index contributed by atoms with van der Waals surface area (Å²) in [6.45, 7) is -0.596. The minimum absolute atomic E-state index is 0.0929. The lowest BCUT2D eigenvalue weighted by atomic mass is 9.90. The lowest BCUT2D eigenvalue weighted by Gasteiger charge is -2.33. The molecule has 152 valence electrons. The van der Waals surface area contributed by atoms with E-state index in [-0.39, 0.29) is 18.0 Å². The van der Waals surface area contributed by atoms with Gasteiger partial charge < -0.3 is 15.8 Å². The maximum Gasteiger partial charge on any atom is 0.269 e. The zero-order chi connectivity index (χ0) is 21.3. The van der Waals surface area contributed by atoms with Gasteiger partial charge in [-0.1, -0.05) is 0 Å². The van der Waals surface area contributed by atoms with Crippen molar-refractivity contribution in [1.82, 2.24) is 9.97 Å². The second kappa shape index (κ2) is 7.61. The number of aliphatic imine (C=N–C) groups is 1. The largest absolute Gasteiger partial charge is 0.385 e. The monoisotopic (exact) mass is 412 g/mol. The first-order chi connectivity index (χ1) is 14.4. The van der Waals surface area contributed by atoms with Gasteiger partial charge >= 0.3 is 0 Å². The Bertz CT molecular complexity index is 1190. The van der Waals surface area contributed by atoms with E-state index in [1.807, 2.05) is 6.07 Å². The standard InChI is InChI=1S/C20H15F3N6O/c21-15-2-1-13(6-14(15)20(19(22)23)10-30-9-16(25)29-20)28-18-17-12(3-4-26-18)5-11(7-24)8-27-17/h1-6,8,19H,9-10H2,(H2,25,29)(H,26,28)/t20-/m0/s1. The van der Waals surface area contributed by atoms with E-state index in [2.05, 4.69) is 20.3 Å². The molecule has 3 N–H and O–H groups in total. The van der Waals surface area contributed by atoms with E-state index in [0.29, 0.717) is 28.0 Å². The third-order valence-corrected chi connectivity index (χ3v) is 4.70.